The average Bonchev–Trinajstić information content (AvgIpc) is 3.45. The van der Waals surface area contributed by atoms with Gasteiger partial charge in [-0.2, -0.15) is 5.10 Å². The molecule has 3 aromatic rings. The fraction of sp³-hybridized carbons (Fsp3) is 0.385. The predicted octanol–water partition coefficient (Wildman–Crippen LogP) is 6.74. The maximum absolute atomic E-state index is 15.8. The molecule has 10 heteroatoms. The number of rotatable bonds is 13. The Morgan fingerprint density at radius 2 is 1.73 bits per heavy atom. The van der Waals surface area contributed by atoms with E-state index in [9.17, 15) is 18.8 Å². The number of fused-ring (bicyclic) bond motifs is 1. The Balaban J connectivity index is 1.54. The van der Waals surface area contributed by atoms with Crippen LogP contribution in [0.2, 0.25) is 0 Å². The highest BCUT2D eigenvalue weighted by Crippen LogP contribution is 2.34. The summed E-state index contributed by atoms with van der Waals surface area (Å²) in [6.07, 6.45) is 8.07. The lowest BCUT2D eigenvalue weighted by Crippen LogP contribution is -2.48. The molecule has 0 unspecified atom stereocenters. The molecule has 0 saturated heterocycles. The molecule has 1 aromatic heterocycles. The summed E-state index contributed by atoms with van der Waals surface area (Å²) in [6, 6.07) is 4.19. The normalized spacial score (nSPS) is 14.4. The minimum atomic E-state index is -0.995. The summed E-state index contributed by atoms with van der Waals surface area (Å²) in [5.41, 5.74) is 6.43. The van der Waals surface area contributed by atoms with E-state index in [4.69, 9.17) is 0 Å². The number of carbonyl (C=O) groups excluding carboxylic acids is 3. The van der Waals surface area contributed by atoms with Crippen molar-refractivity contribution in [2.75, 3.05) is 6.54 Å². The molecule has 0 saturated carbocycles. The van der Waals surface area contributed by atoms with Crippen molar-refractivity contribution >= 4 is 23.3 Å². The molecule has 49 heavy (non-hydrogen) atoms. The van der Waals surface area contributed by atoms with Crippen LogP contribution in [-0.4, -0.2) is 40.0 Å². The molecule has 2 amide bonds. The number of nitrogens with zero attached hydrogens (tertiary/aromatic N) is 2. The summed E-state index contributed by atoms with van der Waals surface area (Å²) >= 11 is 0. The molecule has 0 bridgehead atoms. The van der Waals surface area contributed by atoms with Crippen molar-refractivity contribution in [3.05, 3.63) is 106 Å². The lowest BCUT2D eigenvalue weighted by Gasteiger charge is -2.26. The zero-order chi connectivity index (χ0) is 36.0. The number of hydrogen-bond acceptors (Lipinski definition) is 5. The van der Waals surface area contributed by atoms with Gasteiger partial charge in [0.2, 0.25) is 11.8 Å². The van der Waals surface area contributed by atoms with E-state index in [1.54, 1.807) is 62.7 Å². The summed E-state index contributed by atoms with van der Waals surface area (Å²) in [4.78, 5) is 39.4. The fourth-order valence-electron chi connectivity index (χ4n) is 6.17. The van der Waals surface area contributed by atoms with Crippen LogP contribution >= 0.6 is 0 Å². The third-order valence-electron chi connectivity index (χ3n) is 8.60. The third kappa shape index (κ3) is 9.47. The molecule has 2 atom stereocenters. The van der Waals surface area contributed by atoms with E-state index in [1.165, 1.54) is 19.1 Å². The van der Waals surface area contributed by atoms with Gasteiger partial charge in [-0.25, -0.2) is 13.5 Å². The van der Waals surface area contributed by atoms with Gasteiger partial charge in [-0.15, -0.1) is 0 Å². The van der Waals surface area contributed by atoms with Gasteiger partial charge in [-0.3, -0.25) is 14.4 Å². The number of aromatic nitrogens is 2. The first kappa shape index (κ1) is 37.1. The van der Waals surface area contributed by atoms with Crippen molar-refractivity contribution in [3.8, 4) is 11.1 Å². The SMILES string of the molecule is C=C(/C=C\C=C(/C)C(=O)N[C@@H](CC(C)C)C(=O)N[C@@H](CC(C)=O)c1cc(-c2c(C)cc(F)cc2C)cc(C)c1F)n1cc2c(n1)CCNC2. The van der Waals surface area contributed by atoms with Crippen molar-refractivity contribution in [1.82, 2.24) is 25.7 Å². The number of benzene rings is 2. The number of ketones is 1. The Labute approximate surface area is 287 Å². The molecule has 0 fully saturated rings. The molecule has 260 valence electrons. The second-order valence-electron chi connectivity index (χ2n) is 13.4. The molecule has 1 aliphatic heterocycles. The smallest absolute Gasteiger partial charge is 0.247 e. The highest BCUT2D eigenvalue weighted by molar-refractivity contribution is 5.97. The lowest BCUT2D eigenvalue weighted by atomic mass is 9.90. The second kappa shape index (κ2) is 16.1. The first-order chi connectivity index (χ1) is 23.1. The van der Waals surface area contributed by atoms with Crippen molar-refractivity contribution < 1.29 is 23.2 Å². The van der Waals surface area contributed by atoms with Crippen LogP contribution in [0.4, 0.5) is 8.78 Å². The number of halogens is 2. The maximum atomic E-state index is 15.8. The van der Waals surface area contributed by atoms with E-state index in [-0.39, 0.29) is 29.5 Å². The lowest BCUT2D eigenvalue weighted by molar-refractivity contribution is -0.128. The number of Topliss-reactive ketones (excluding diaryl/α,β-unsaturated/α-hetero) is 1. The summed E-state index contributed by atoms with van der Waals surface area (Å²) in [5, 5.41) is 13.6. The highest BCUT2D eigenvalue weighted by Gasteiger charge is 2.28. The number of aryl methyl sites for hydroxylation is 3. The van der Waals surface area contributed by atoms with Crippen LogP contribution in [0.3, 0.4) is 0 Å². The van der Waals surface area contributed by atoms with E-state index in [0.29, 0.717) is 39.9 Å². The average molecular weight is 672 g/mol. The summed E-state index contributed by atoms with van der Waals surface area (Å²) in [6.45, 7) is 17.8. The predicted molar refractivity (Wildman–Crippen MR) is 189 cm³/mol. The number of carbonyl (C=O) groups is 3. The minimum Gasteiger partial charge on any atom is -0.347 e. The van der Waals surface area contributed by atoms with Gasteiger partial charge in [0.25, 0.3) is 0 Å². The number of allylic oxidation sites excluding steroid dienone is 4. The van der Waals surface area contributed by atoms with Gasteiger partial charge in [0.15, 0.2) is 0 Å². The molecule has 0 aliphatic carbocycles. The van der Waals surface area contributed by atoms with E-state index >= 15 is 4.39 Å². The van der Waals surface area contributed by atoms with E-state index < -0.39 is 29.7 Å². The molecule has 2 heterocycles. The quantitative estimate of drug-likeness (QED) is 0.138. The van der Waals surface area contributed by atoms with Crippen molar-refractivity contribution in [2.24, 2.45) is 5.92 Å². The van der Waals surface area contributed by atoms with Gasteiger partial charge in [-0.1, -0.05) is 32.6 Å². The van der Waals surface area contributed by atoms with Gasteiger partial charge >= 0.3 is 0 Å². The van der Waals surface area contributed by atoms with Gasteiger partial charge in [0.05, 0.1) is 17.4 Å². The van der Waals surface area contributed by atoms with Crippen molar-refractivity contribution in [1.29, 1.82) is 0 Å². The summed E-state index contributed by atoms with van der Waals surface area (Å²) in [7, 11) is 0. The molecule has 4 rings (SSSR count). The van der Waals surface area contributed by atoms with Gasteiger partial charge in [0.1, 0.15) is 23.5 Å². The zero-order valence-electron chi connectivity index (χ0n) is 29.5. The molecule has 1 aliphatic rings. The van der Waals surface area contributed by atoms with E-state index in [0.717, 1.165) is 36.3 Å². The van der Waals surface area contributed by atoms with Crippen LogP contribution in [0.25, 0.3) is 16.8 Å². The van der Waals surface area contributed by atoms with Crippen LogP contribution in [0.15, 0.2) is 60.8 Å². The van der Waals surface area contributed by atoms with Gasteiger partial charge in [-0.05, 0) is 105 Å². The summed E-state index contributed by atoms with van der Waals surface area (Å²) < 4.78 is 31.6. The van der Waals surface area contributed by atoms with E-state index in [1.807, 2.05) is 20.0 Å². The third-order valence-corrected chi connectivity index (χ3v) is 8.60. The largest absolute Gasteiger partial charge is 0.347 e. The van der Waals surface area contributed by atoms with Crippen molar-refractivity contribution in [2.45, 2.75) is 86.4 Å². The first-order valence-electron chi connectivity index (χ1n) is 16.6. The Morgan fingerprint density at radius 1 is 1.04 bits per heavy atom. The topological polar surface area (TPSA) is 105 Å². The van der Waals surface area contributed by atoms with Gasteiger partial charge in [0, 0.05) is 48.8 Å². The van der Waals surface area contributed by atoms with Gasteiger partial charge < -0.3 is 16.0 Å². The van der Waals surface area contributed by atoms with Crippen LogP contribution in [0.1, 0.15) is 80.1 Å². The minimum absolute atomic E-state index is 0.0386. The monoisotopic (exact) mass is 671 g/mol. The van der Waals surface area contributed by atoms with Crippen LogP contribution in [-0.2, 0) is 27.3 Å². The van der Waals surface area contributed by atoms with E-state index in [2.05, 4.69) is 27.6 Å². The van der Waals surface area contributed by atoms with Crippen LogP contribution < -0.4 is 16.0 Å². The number of hydrogen-bond donors (Lipinski definition) is 3. The van der Waals surface area contributed by atoms with Crippen LogP contribution in [0, 0.1) is 38.3 Å². The van der Waals surface area contributed by atoms with Crippen molar-refractivity contribution in [3.63, 3.8) is 0 Å². The molecule has 0 spiro atoms. The Morgan fingerprint density at radius 3 is 2.37 bits per heavy atom. The molecule has 8 nitrogen and oxygen atoms in total. The Kier molecular flexibility index (Phi) is 12.2. The molecule has 3 N–H and O–H groups in total. The first-order valence-corrected chi connectivity index (χ1v) is 16.6. The molecule has 2 aromatic carbocycles. The molecular weight excluding hydrogens is 624 g/mol. The molecular formula is C39H47F2N5O3. The maximum Gasteiger partial charge on any atom is 0.247 e. The highest BCUT2D eigenvalue weighted by atomic mass is 19.1. The number of nitrogens with one attached hydrogen (secondary N) is 3. The second-order valence-corrected chi connectivity index (χ2v) is 13.4. The Bertz CT molecular complexity index is 1770. The van der Waals surface area contributed by atoms with Crippen LogP contribution in [0.5, 0.6) is 0 Å². The number of amides is 2. The molecule has 0 radical (unpaired) electrons. The Hall–Kier alpha value is -4.70. The standard InChI is InChI=1S/C39H47F2N5O3/c1-22(2)14-35(44-38(48)23(3)10-9-11-27(7)46-21-30-20-42-13-12-33(30)45-46)39(49)43-34(18-28(8)47)32-19-29(15-26(6)37(32)41)36-24(4)16-31(40)17-25(36)5/h9-11,15-17,19,21-22,34-35,42H,7,12-14,18,20H2,1-6,8H3,(H,43,49)(H,44,48)/b11-9-,23-10+/t34-,35-/m0/s1. The summed E-state index contributed by atoms with van der Waals surface area (Å²) in [5.74, 6) is -2.09. The fourth-order valence-corrected chi connectivity index (χ4v) is 6.17. The zero-order valence-corrected chi connectivity index (χ0v) is 29.5.